The molecule has 7 aromatic carbocycles. The molecule has 7 aromatic rings. The van der Waals surface area contributed by atoms with Crippen LogP contribution in [0, 0.1) is 41.4 Å². The second-order valence-corrected chi connectivity index (χ2v) is 37.8. The number of rotatable bonds is 1. The minimum Gasteiger partial charge on any atom is -0.309 e. The molecule has 2 nitrogen and oxygen atoms in total. The first-order valence-corrected chi connectivity index (χ1v) is 34.8. The molecule has 0 spiro atoms. The predicted molar refractivity (Wildman–Crippen MR) is 371 cm³/mol. The lowest BCUT2D eigenvalue weighted by Crippen LogP contribution is -2.50. The standard InChI is InChI=1S/C85H104N2/c1-78(2,3)50-29-51(79(4,5)6)34-58(33-50)86-59-35-53(81(10,11)12)31-56(39-59)84(18,19)74-49-26-48-27-67(74)64-43-71-72-44-65(64)68(28-49)75(48)85(20,21)57-32-54(82(13,14)15)37-61(40-57)87-60-36-52(80(7,8)9)30-55(38-60)83(16,17)73-47-23-45-22-46(25-47)62-41-69(76(71)86)70(77(72)87)42-63(62)66(73)24-45/h29-49,66-68,73-75H,22-28H2,1-21H3. The van der Waals surface area contributed by atoms with E-state index in [9.17, 15) is 0 Å². The van der Waals surface area contributed by atoms with E-state index in [1.54, 1.807) is 22.3 Å². The second-order valence-electron chi connectivity index (χ2n) is 37.8. The van der Waals surface area contributed by atoms with Gasteiger partial charge in [-0.05, 0) is 293 Å². The van der Waals surface area contributed by atoms with Gasteiger partial charge < -0.3 is 9.80 Å². The number of nitrogens with zero attached hydrogens (tertiary/aromatic N) is 2. The Kier molecular flexibility index (Phi) is 11.5. The molecule has 18 rings (SSSR count). The van der Waals surface area contributed by atoms with E-state index in [1.807, 2.05) is 0 Å². The van der Waals surface area contributed by atoms with E-state index in [2.05, 4.69) is 252 Å². The third kappa shape index (κ3) is 8.07. The molecule has 0 N–H and O–H groups in total. The molecule has 8 aliphatic carbocycles. The van der Waals surface area contributed by atoms with Gasteiger partial charge in [-0.3, -0.25) is 0 Å². The third-order valence-corrected chi connectivity index (χ3v) is 26.3. The van der Waals surface area contributed by atoms with Gasteiger partial charge in [0.15, 0.2) is 0 Å². The van der Waals surface area contributed by atoms with Gasteiger partial charge in [-0.2, -0.15) is 0 Å². The monoisotopic (exact) mass is 1150 g/mol. The molecule has 3 heterocycles. The highest BCUT2D eigenvalue weighted by atomic mass is 15.2. The summed E-state index contributed by atoms with van der Waals surface area (Å²) < 4.78 is 0. The van der Waals surface area contributed by atoms with Crippen LogP contribution in [0.5, 0.6) is 0 Å². The van der Waals surface area contributed by atoms with Crippen molar-refractivity contribution in [3.8, 4) is 0 Å². The molecule has 11 aliphatic rings. The van der Waals surface area contributed by atoms with Crippen molar-refractivity contribution in [1.82, 2.24) is 0 Å². The molecule has 2 heteroatoms. The Labute approximate surface area is 525 Å². The number of benzene rings is 7. The molecule has 87 heavy (non-hydrogen) atoms. The average molecular weight is 1150 g/mol. The van der Waals surface area contributed by atoms with Crippen LogP contribution in [0.1, 0.15) is 281 Å². The fraction of sp³-hybridized carbons (Fsp3) is 0.553. The maximum absolute atomic E-state index is 2.94. The summed E-state index contributed by atoms with van der Waals surface area (Å²) in [6.45, 7) is 53.2. The van der Waals surface area contributed by atoms with Crippen molar-refractivity contribution in [2.24, 2.45) is 41.4 Å². The Morgan fingerprint density at radius 2 is 0.598 bits per heavy atom. The second kappa shape index (κ2) is 17.6. The van der Waals surface area contributed by atoms with Crippen LogP contribution in [0.3, 0.4) is 0 Å². The van der Waals surface area contributed by atoms with Gasteiger partial charge in [0.2, 0.25) is 0 Å². The van der Waals surface area contributed by atoms with Crippen molar-refractivity contribution in [3.63, 3.8) is 0 Å². The van der Waals surface area contributed by atoms with E-state index in [0.29, 0.717) is 59.2 Å². The zero-order chi connectivity index (χ0) is 61.5. The topological polar surface area (TPSA) is 6.48 Å². The van der Waals surface area contributed by atoms with Crippen molar-refractivity contribution >= 4 is 55.7 Å². The predicted octanol–water partition coefficient (Wildman–Crippen LogP) is 23.8. The van der Waals surface area contributed by atoms with E-state index in [4.69, 9.17) is 0 Å². The first-order chi connectivity index (χ1) is 40.5. The van der Waals surface area contributed by atoms with Crippen molar-refractivity contribution < 1.29 is 0 Å². The van der Waals surface area contributed by atoms with Crippen molar-refractivity contribution in [3.05, 3.63) is 164 Å². The van der Waals surface area contributed by atoms with Gasteiger partial charge in [0, 0.05) is 44.3 Å². The van der Waals surface area contributed by atoms with Crippen LogP contribution in [-0.2, 0) is 43.3 Å². The first kappa shape index (κ1) is 56.9. The van der Waals surface area contributed by atoms with Gasteiger partial charge in [-0.15, -0.1) is 0 Å². The summed E-state index contributed by atoms with van der Waals surface area (Å²) in [5.74, 6) is 6.17. The van der Waals surface area contributed by atoms with Gasteiger partial charge in [0.25, 0.3) is 0 Å². The van der Waals surface area contributed by atoms with Crippen molar-refractivity contribution in [2.45, 2.75) is 257 Å². The summed E-state index contributed by atoms with van der Waals surface area (Å²) in [6, 6.07) is 43.9. The number of anilines is 6. The molecule has 11 atom stereocenters. The van der Waals surface area contributed by atoms with E-state index in [1.165, 1.54) is 145 Å². The van der Waals surface area contributed by atoms with Crippen LogP contribution < -0.4 is 9.80 Å². The summed E-state index contributed by atoms with van der Waals surface area (Å²) in [5, 5.41) is 5.74. The Hall–Kier alpha value is -5.34. The van der Waals surface area contributed by atoms with Gasteiger partial charge in [0.05, 0.1) is 11.4 Å². The maximum Gasteiger partial charge on any atom is 0.0620 e. The van der Waals surface area contributed by atoms with Crippen LogP contribution in [0.25, 0.3) is 21.5 Å². The molecular formula is C85H104N2. The van der Waals surface area contributed by atoms with Crippen LogP contribution in [0.15, 0.2) is 97.1 Å². The highest BCUT2D eigenvalue weighted by Crippen LogP contribution is 2.71. The lowest BCUT2D eigenvalue weighted by Gasteiger charge is -2.56. The summed E-state index contributed by atoms with van der Waals surface area (Å²) in [6.07, 6.45) is 9.14. The molecule has 454 valence electrons. The fourth-order valence-corrected chi connectivity index (χ4v) is 21.8. The molecular weight excluding hydrogens is 1050 g/mol. The maximum atomic E-state index is 2.94. The van der Waals surface area contributed by atoms with E-state index in [0.717, 1.165) is 5.92 Å². The molecule has 11 unspecified atom stereocenters. The Morgan fingerprint density at radius 1 is 0.299 bits per heavy atom. The molecule has 23 bridgehead atoms. The van der Waals surface area contributed by atoms with E-state index >= 15 is 0 Å². The van der Waals surface area contributed by atoms with Gasteiger partial charge >= 0.3 is 0 Å². The minimum absolute atomic E-state index is 0.0639. The van der Waals surface area contributed by atoms with Gasteiger partial charge in [0.1, 0.15) is 0 Å². The molecule has 3 aliphatic heterocycles. The Balaban J connectivity index is 1.19. The smallest absolute Gasteiger partial charge is 0.0620 e. The van der Waals surface area contributed by atoms with Crippen LogP contribution in [0.2, 0.25) is 0 Å². The SMILES string of the molecule is CC(C)(C)c1cc(N2c3cc(C(C)(C)C)cc(c3)C(C)(C)C3C4CC5CC3c3cc6c2c2cc7c8cc2c2c6cc3C(C4)C5C(C)(C)c3cc(cc(C(C)(C)C)c3)N2c2cc(C(C)(C)C)cc(c2)C(C)(C)C2C3CC(CC7C3)CC82)cc(C(C)(C)C)c1. The molecule has 4 saturated carbocycles. The summed E-state index contributed by atoms with van der Waals surface area (Å²) >= 11 is 0. The number of hydrogen-bond acceptors (Lipinski definition) is 2. The quantitative estimate of drug-likeness (QED) is 0.151. The van der Waals surface area contributed by atoms with Crippen LogP contribution >= 0.6 is 0 Å². The zero-order valence-electron chi connectivity index (χ0n) is 57.4. The largest absolute Gasteiger partial charge is 0.309 e. The molecule has 0 saturated heterocycles. The normalized spacial score (nSPS) is 29.2. The zero-order valence-corrected chi connectivity index (χ0v) is 57.4. The molecule has 0 radical (unpaired) electrons. The fourth-order valence-electron chi connectivity index (χ4n) is 21.8. The number of hydrogen-bond donors (Lipinski definition) is 0. The average Bonchev–Trinajstić information content (AvgIpc) is 1.61. The summed E-state index contributed by atoms with van der Waals surface area (Å²) in [5.41, 5.74) is 25.9. The summed E-state index contributed by atoms with van der Waals surface area (Å²) in [4.78, 5) is 5.81. The van der Waals surface area contributed by atoms with Crippen LogP contribution in [0.4, 0.5) is 34.1 Å². The highest BCUT2D eigenvalue weighted by molar-refractivity contribution is 6.24. The van der Waals surface area contributed by atoms with E-state index < -0.39 is 0 Å². The lowest BCUT2D eigenvalue weighted by molar-refractivity contribution is -0.00640. The summed E-state index contributed by atoms with van der Waals surface area (Å²) in [7, 11) is 0. The molecule has 0 aromatic heterocycles. The van der Waals surface area contributed by atoms with Crippen molar-refractivity contribution in [1.29, 1.82) is 0 Å². The van der Waals surface area contributed by atoms with Crippen molar-refractivity contribution in [2.75, 3.05) is 9.80 Å². The third-order valence-electron chi connectivity index (χ3n) is 26.3. The Bertz CT molecular complexity index is 4080. The molecule has 4 fully saturated rings. The molecule has 0 amide bonds. The first-order valence-electron chi connectivity index (χ1n) is 34.8. The van der Waals surface area contributed by atoms with Gasteiger partial charge in [-0.1, -0.05) is 170 Å². The number of fused-ring (bicyclic) bond motifs is 9. The highest BCUT2D eigenvalue weighted by Gasteiger charge is 2.60. The van der Waals surface area contributed by atoms with Gasteiger partial charge in [-0.25, -0.2) is 0 Å². The lowest BCUT2D eigenvalue weighted by atomic mass is 9.48. The Morgan fingerprint density at radius 3 is 0.954 bits per heavy atom. The minimum atomic E-state index is -0.0965. The van der Waals surface area contributed by atoms with E-state index in [-0.39, 0.29) is 43.3 Å². The van der Waals surface area contributed by atoms with Crippen LogP contribution in [-0.4, -0.2) is 0 Å².